The molecule has 0 fully saturated rings. The van der Waals surface area contributed by atoms with Crippen LogP contribution in [-0.2, 0) is 4.79 Å². The average Bonchev–Trinajstić information content (AvgIpc) is 2.73. The van der Waals surface area contributed by atoms with E-state index in [4.69, 9.17) is 11.6 Å². The van der Waals surface area contributed by atoms with E-state index in [0.717, 1.165) is 34.9 Å². The maximum absolute atomic E-state index is 11.0. The van der Waals surface area contributed by atoms with Crippen LogP contribution in [0.15, 0.2) is 48.8 Å². The fourth-order valence-corrected chi connectivity index (χ4v) is 3.06. The van der Waals surface area contributed by atoms with Crippen molar-refractivity contribution in [1.82, 2.24) is 20.3 Å². The van der Waals surface area contributed by atoms with Crippen molar-refractivity contribution < 1.29 is 4.79 Å². The second-order valence-electron chi connectivity index (χ2n) is 6.50. The maximum Gasteiger partial charge on any atom is 0.227 e. The first-order valence-corrected chi connectivity index (χ1v) is 9.95. The summed E-state index contributed by atoms with van der Waals surface area (Å²) in [5.74, 6) is 1.15. The second-order valence-corrected chi connectivity index (χ2v) is 6.93. The fourth-order valence-electron chi connectivity index (χ4n) is 2.87. The van der Waals surface area contributed by atoms with Crippen LogP contribution in [0.3, 0.4) is 0 Å². The van der Waals surface area contributed by atoms with Crippen molar-refractivity contribution in [2.45, 2.75) is 13.3 Å². The lowest BCUT2D eigenvalue weighted by molar-refractivity contribution is -0.118. The van der Waals surface area contributed by atoms with Crippen molar-refractivity contribution in [3.63, 3.8) is 0 Å². The highest BCUT2D eigenvalue weighted by molar-refractivity contribution is 6.30. The molecule has 8 nitrogen and oxygen atoms in total. The molecule has 3 rings (SSSR count). The first kappa shape index (κ1) is 21.3. The number of rotatable bonds is 9. The first-order chi connectivity index (χ1) is 14.6. The monoisotopic (exact) mass is 425 g/mol. The molecule has 0 bridgehead atoms. The number of nitrogens with zero attached hydrogens (tertiary/aromatic N) is 3. The van der Waals surface area contributed by atoms with Crippen LogP contribution in [0.1, 0.15) is 13.3 Å². The average molecular weight is 426 g/mol. The van der Waals surface area contributed by atoms with Gasteiger partial charge in [-0.15, -0.1) is 0 Å². The van der Waals surface area contributed by atoms with E-state index < -0.39 is 0 Å². The molecule has 0 saturated heterocycles. The molecule has 0 spiro atoms. The van der Waals surface area contributed by atoms with Crippen molar-refractivity contribution in [3.05, 3.63) is 53.8 Å². The van der Waals surface area contributed by atoms with Crippen molar-refractivity contribution >= 4 is 40.6 Å². The highest BCUT2D eigenvalue weighted by Crippen LogP contribution is 2.32. The molecule has 4 N–H and O–H groups in total. The van der Waals surface area contributed by atoms with Crippen molar-refractivity contribution in [2.75, 3.05) is 36.1 Å². The molecule has 1 aromatic carbocycles. The highest BCUT2D eigenvalue weighted by Gasteiger charge is 2.13. The standard InChI is InChI=1S/C21H24ClN7O/c1-14(30)24-9-4-10-25-19-17(7-11-26-20(19)23-2)18-8-12-27-21(29-18)28-16-6-3-5-15(22)13-16/h3,5-8,11-13,25H,4,9-10H2,1-2H3,(H,23,26)(H,24,30)(H,27,28,29). The van der Waals surface area contributed by atoms with Crippen LogP contribution in [0.25, 0.3) is 11.3 Å². The Labute approximate surface area is 180 Å². The van der Waals surface area contributed by atoms with Crippen LogP contribution in [0.5, 0.6) is 0 Å². The minimum Gasteiger partial charge on any atom is -0.381 e. The lowest BCUT2D eigenvalue weighted by Crippen LogP contribution is -2.23. The Bertz CT molecular complexity index is 1010. The summed E-state index contributed by atoms with van der Waals surface area (Å²) in [5.41, 5.74) is 3.29. The molecule has 0 aliphatic carbocycles. The van der Waals surface area contributed by atoms with Gasteiger partial charge >= 0.3 is 0 Å². The van der Waals surface area contributed by atoms with E-state index in [1.54, 1.807) is 12.4 Å². The molecule has 0 aliphatic rings. The van der Waals surface area contributed by atoms with Crippen LogP contribution < -0.4 is 21.3 Å². The summed E-state index contributed by atoms with van der Waals surface area (Å²) in [4.78, 5) is 24.4. The van der Waals surface area contributed by atoms with E-state index in [2.05, 4.69) is 36.2 Å². The third-order valence-electron chi connectivity index (χ3n) is 4.23. The minimum absolute atomic E-state index is 0.0336. The fraction of sp³-hybridized carbons (Fsp3) is 0.238. The number of aromatic nitrogens is 3. The Morgan fingerprint density at radius 3 is 2.70 bits per heavy atom. The highest BCUT2D eigenvalue weighted by atomic mass is 35.5. The van der Waals surface area contributed by atoms with Gasteiger partial charge in [-0.05, 0) is 36.8 Å². The lowest BCUT2D eigenvalue weighted by atomic mass is 10.1. The van der Waals surface area contributed by atoms with Gasteiger partial charge in [0.2, 0.25) is 11.9 Å². The number of amides is 1. The summed E-state index contributed by atoms with van der Waals surface area (Å²) in [7, 11) is 1.82. The molecular weight excluding hydrogens is 402 g/mol. The largest absolute Gasteiger partial charge is 0.381 e. The number of halogens is 1. The Balaban J connectivity index is 1.81. The van der Waals surface area contributed by atoms with E-state index in [-0.39, 0.29) is 5.91 Å². The number of anilines is 4. The molecule has 0 saturated carbocycles. The summed E-state index contributed by atoms with van der Waals surface area (Å²) in [6.07, 6.45) is 4.22. The number of benzene rings is 1. The summed E-state index contributed by atoms with van der Waals surface area (Å²) in [6.45, 7) is 2.79. The predicted molar refractivity (Wildman–Crippen MR) is 121 cm³/mol. The SMILES string of the molecule is CNc1nccc(-c2ccnc(Nc3cccc(Cl)c3)n2)c1NCCCNC(C)=O. The summed E-state index contributed by atoms with van der Waals surface area (Å²) in [5, 5.41) is 13.1. The predicted octanol–water partition coefficient (Wildman–Crippen LogP) is 3.92. The summed E-state index contributed by atoms with van der Waals surface area (Å²) < 4.78 is 0. The van der Waals surface area contributed by atoms with Gasteiger partial charge in [0.05, 0.1) is 11.4 Å². The van der Waals surface area contributed by atoms with Crippen LogP contribution in [0.4, 0.5) is 23.1 Å². The van der Waals surface area contributed by atoms with Gasteiger partial charge in [0.1, 0.15) is 5.82 Å². The van der Waals surface area contributed by atoms with Crippen LogP contribution in [0, 0.1) is 0 Å². The molecule has 0 unspecified atom stereocenters. The van der Waals surface area contributed by atoms with Gasteiger partial charge in [-0.3, -0.25) is 4.79 Å². The van der Waals surface area contributed by atoms with Crippen LogP contribution >= 0.6 is 11.6 Å². The Hall–Kier alpha value is -3.39. The number of nitrogens with one attached hydrogen (secondary N) is 4. The third kappa shape index (κ3) is 5.81. The van der Waals surface area contributed by atoms with Crippen LogP contribution in [-0.4, -0.2) is 41.0 Å². The third-order valence-corrected chi connectivity index (χ3v) is 4.46. The number of pyridine rings is 1. The minimum atomic E-state index is -0.0336. The molecule has 0 atom stereocenters. The zero-order chi connectivity index (χ0) is 21.3. The van der Waals surface area contributed by atoms with Gasteiger partial charge in [-0.2, -0.15) is 0 Å². The lowest BCUT2D eigenvalue weighted by Gasteiger charge is -2.16. The Morgan fingerprint density at radius 1 is 1.10 bits per heavy atom. The van der Waals surface area contributed by atoms with Gasteiger partial charge in [-0.1, -0.05) is 17.7 Å². The topological polar surface area (TPSA) is 104 Å². The van der Waals surface area contributed by atoms with E-state index in [9.17, 15) is 4.79 Å². The van der Waals surface area contributed by atoms with Crippen molar-refractivity contribution in [3.8, 4) is 11.3 Å². The first-order valence-electron chi connectivity index (χ1n) is 9.58. The van der Waals surface area contributed by atoms with Gasteiger partial charge in [0.25, 0.3) is 0 Å². The van der Waals surface area contributed by atoms with E-state index in [1.165, 1.54) is 6.92 Å². The number of carbonyl (C=O) groups is 1. The number of hydrogen-bond acceptors (Lipinski definition) is 7. The van der Waals surface area contributed by atoms with Crippen molar-refractivity contribution in [2.24, 2.45) is 0 Å². The summed E-state index contributed by atoms with van der Waals surface area (Å²) >= 11 is 6.05. The zero-order valence-electron chi connectivity index (χ0n) is 16.9. The molecule has 0 aliphatic heterocycles. The van der Waals surface area contributed by atoms with E-state index in [1.807, 2.05) is 43.4 Å². The maximum atomic E-state index is 11.0. The smallest absolute Gasteiger partial charge is 0.227 e. The molecule has 30 heavy (non-hydrogen) atoms. The van der Waals surface area contributed by atoms with Gasteiger partial charge in [-0.25, -0.2) is 15.0 Å². The number of carbonyl (C=O) groups excluding carboxylic acids is 1. The summed E-state index contributed by atoms with van der Waals surface area (Å²) in [6, 6.07) is 11.1. The van der Waals surface area contributed by atoms with Crippen molar-refractivity contribution in [1.29, 1.82) is 0 Å². The Morgan fingerprint density at radius 2 is 1.93 bits per heavy atom. The van der Waals surface area contributed by atoms with Crippen LogP contribution in [0.2, 0.25) is 5.02 Å². The molecule has 1 amide bonds. The molecule has 0 radical (unpaired) electrons. The van der Waals surface area contributed by atoms with Gasteiger partial charge < -0.3 is 21.3 Å². The molecule has 9 heteroatoms. The van der Waals surface area contributed by atoms with E-state index in [0.29, 0.717) is 24.1 Å². The van der Waals surface area contributed by atoms with Gasteiger partial charge in [0, 0.05) is 55.7 Å². The Kier molecular flexibility index (Phi) is 7.40. The molecular formula is C21H24ClN7O. The van der Waals surface area contributed by atoms with E-state index >= 15 is 0 Å². The molecule has 2 aromatic heterocycles. The normalized spacial score (nSPS) is 10.4. The molecule has 2 heterocycles. The number of hydrogen-bond donors (Lipinski definition) is 4. The zero-order valence-corrected chi connectivity index (χ0v) is 17.6. The second kappa shape index (κ2) is 10.4. The molecule has 3 aromatic rings. The molecule has 156 valence electrons. The quantitative estimate of drug-likeness (QED) is 0.385. The van der Waals surface area contributed by atoms with Gasteiger partial charge in [0.15, 0.2) is 0 Å².